The predicted molar refractivity (Wildman–Crippen MR) is 30.4 cm³/mol. The van der Waals surface area contributed by atoms with Gasteiger partial charge < -0.3 is 4.55 Å². The van der Waals surface area contributed by atoms with Crippen LogP contribution in [0.5, 0.6) is 0 Å². The number of rotatable bonds is 3. The fraction of sp³-hybridized carbons (Fsp3) is 1.00. The van der Waals surface area contributed by atoms with E-state index in [1.807, 2.05) is 0 Å². The Bertz CT molecular complexity index is 85.4. The standard InChI is InChI=1S/C2H4Cl2O3S/c3-2(4)1-7-8(5)6/h2H,1H2,(H,5,6)/p-1. The van der Waals surface area contributed by atoms with Gasteiger partial charge in [0, 0.05) is 0 Å². The molecule has 0 bridgehead atoms. The number of halogens is 2. The lowest BCUT2D eigenvalue weighted by molar-refractivity contribution is 0.313. The molecule has 0 spiro atoms. The maximum Gasteiger partial charge on any atom is 0.132 e. The normalized spacial score (nSPS) is 14.5. The van der Waals surface area contributed by atoms with Crippen molar-refractivity contribution in [3.05, 3.63) is 0 Å². The fourth-order valence-electron chi connectivity index (χ4n) is 0.107. The first kappa shape index (κ1) is 8.65. The van der Waals surface area contributed by atoms with Gasteiger partial charge in [0.05, 0.1) is 18.0 Å². The zero-order valence-electron chi connectivity index (χ0n) is 3.67. The Kier molecular flexibility index (Phi) is 4.89. The first-order valence-corrected chi connectivity index (χ1v) is 3.51. The SMILES string of the molecule is O=S([O-])OCC(Cl)Cl. The van der Waals surface area contributed by atoms with Crippen LogP contribution in [0.3, 0.4) is 0 Å². The Morgan fingerprint density at radius 1 is 1.75 bits per heavy atom. The van der Waals surface area contributed by atoms with Crippen molar-refractivity contribution in [2.24, 2.45) is 0 Å². The molecule has 6 heteroatoms. The molecule has 0 saturated heterocycles. The Hall–Kier alpha value is 0.650. The van der Waals surface area contributed by atoms with Crippen LogP contribution in [0.2, 0.25) is 0 Å². The first-order chi connectivity index (χ1) is 3.63. The van der Waals surface area contributed by atoms with E-state index >= 15 is 0 Å². The first-order valence-electron chi connectivity index (χ1n) is 1.63. The molecule has 1 atom stereocenters. The molecule has 0 rings (SSSR count). The van der Waals surface area contributed by atoms with Gasteiger partial charge in [0.1, 0.15) is 4.84 Å². The molecule has 0 N–H and O–H groups in total. The highest BCUT2D eigenvalue weighted by Crippen LogP contribution is 2.01. The summed E-state index contributed by atoms with van der Waals surface area (Å²) in [7, 11) is 0. The van der Waals surface area contributed by atoms with Crippen LogP contribution in [0, 0.1) is 0 Å². The van der Waals surface area contributed by atoms with Crippen LogP contribution in [0.1, 0.15) is 0 Å². The van der Waals surface area contributed by atoms with Gasteiger partial charge >= 0.3 is 0 Å². The van der Waals surface area contributed by atoms with Crippen molar-refractivity contribution >= 4 is 34.6 Å². The van der Waals surface area contributed by atoms with Gasteiger partial charge in [-0.2, -0.15) is 0 Å². The number of hydrogen-bond donors (Lipinski definition) is 0. The third kappa shape index (κ3) is 6.65. The number of hydrogen-bond acceptors (Lipinski definition) is 3. The van der Waals surface area contributed by atoms with Gasteiger partial charge in [0.2, 0.25) is 0 Å². The molecule has 0 heterocycles. The van der Waals surface area contributed by atoms with Crippen LogP contribution < -0.4 is 0 Å². The molecule has 0 aromatic rings. The summed E-state index contributed by atoms with van der Waals surface area (Å²) in [5.74, 6) is 0. The van der Waals surface area contributed by atoms with Crippen LogP contribution in [0.15, 0.2) is 0 Å². The van der Waals surface area contributed by atoms with Crippen LogP contribution >= 0.6 is 23.2 Å². The lowest BCUT2D eigenvalue weighted by atomic mass is 10.9. The summed E-state index contributed by atoms with van der Waals surface area (Å²) in [6, 6.07) is 0. The molecular formula is C2H3Cl2O3S-. The summed E-state index contributed by atoms with van der Waals surface area (Å²) in [6.45, 7) is -0.195. The van der Waals surface area contributed by atoms with E-state index in [-0.39, 0.29) is 6.61 Å². The second kappa shape index (κ2) is 4.52. The van der Waals surface area contributed by atoms with Gasteiger partial charge in [-0.3, -0.25) is 4.18 Å². The minimum Gasteiger partial charge on any atom is -0.750 e. The molecule has 0 amide bonds. The molecule has 0 aromatic heterocycles. The van der Waals surface area contributed by atoms with E-state index in [0.29, 0.717) is 0 Å². The van der Waals surface area contributed by atoms with Crippen molar-refractivity contribution in [1.82, 2.24) is 0 Å². The average Bonchev–Trinajstić information content (AvgIpc) is 1.61. The molecule has 50 valence electrons. The molecule has 0 aliphatic rings. The molecule has 0 fully saturated rings. The van der Waals surface area contributed by atoms with Gasteiger partial charge in [-0.15, -0.1) is 23.2 Å². The van der Waals surface area contributed by atoms with Crippen molar-refractivity contribution in [1.29, 1.82) is 0 Å². The zero-order valence-corrected chi connectivity index (χ0v) is 6.00. The van der Waals surface area contributed by atoms with Gasteiger partial charge in [-0.25, -0.2) is 4.21 Å². The largest absolute Gasteiger partial charge is 0.750 e. The average molecular weight is 178 g/mol. The number of alkyl halides is 2. The van der Waals surface area contributed by atoms with E-state index in [4.69, 9.17) is 23.2 Å². The van der Waals surface area contributed by atoms with E-state index in [1.165, 1.54) is 0 Å². The minimum atomic E-state index is -2.51. The van der Waals surface area contributed by atoms with Crippen LogP contribution in [0.4, 0.5) is 0 Å². The third-order valence-corrected chi connectivity index (χ3v) is 0.871. The van der Waals surface area contributed by atoms with Gasteiger partial charge in [0.15, 0.2) is 0 Å². The van der Waals surface area contributed by atoms with Crippen molar-refractivity contribution in [3.8, 4) is 0 Å². The van der Waals surface area contributed by atoms with E-state index in [2.05, 4.69) is 4.18 Å². The highest BCUT2D eigenvalue weighted by Gasteiger charge is 1.96. The van der Waals surface area contributed by atoms with Gasteiger partial charge in [-0.05, 0) is 0 Å². The van der Waals surface area contributed by atoms with Crippen molar-refractivity contribution in [2.45, 2.75) is 4.84 Å². The topological polar surface area (TPSA) is 49.4 Å². The lowest BCUT2D eigenvalue weighted by Gasteiger charge is -2.04. The molecule has 0 saturated carbocycles. The zero-order chi connectivity index (χ0) is 6.57. The highest BCUT2D eigenvalue weighted by molar-refractivity contribution is 7.74. The summed E-state index contributed by atoms with van der Waals surface area (Å²) in [4.78, 5) is -0.784. The monoisotopic (exact) mass is 177 g/mol. The molecule has 0 radical (unpaired) electrons. The Labute approximate surface area is 59.4 Å². The van der Waals surface area contributed by atoms with Crippen LogP contribution in [-0.4, -0.2) is 20.2 Å². The van der Waals surface area contributed by atoms with Crippen LogP contribution in [0.25, 0.3) is 0 Å². The molecule has 3 nitrogen and oxygen atoms in total. The molecule has 8 heavy (non-hydrogen) atoms. The van der Waals surface area contributed by atoms with E-state index in [1.54, 1.807) is 0 Å². The smallest absolute Gasteiger partial charge is 0.132 e. The Morgan fingerprint density at radius 3 is 2.38 bits per heavy atom. The van der Waals surface area contributed by atoms with Crippen molar-refractivity contribution in [2.75, 3.05) is 6.61 Å². The van der Waals surface area contributed by atoms with Crippen LogP contribution in [-0.2, 0) is 15.5 Å². The van der Waals surface area contributed by atoms with E-state index in [0.717, 1.165) is 0 Å². The fourth-order valence-corrected chi connectivity index (χ4v) is 0.630. The van der Waals surface area contributed by atoms with E-state index < -0.39 is 16.2 Å². The van der Waals surface area contributed by atoms with E-state index in [9.17, 15) is 8.76 Å². The molecule has 0 aliphatic heterocycles. The Balaban J connectivity index is 3.05. The molecule has 0 aromatic carbocycles. The van der Waals surface area contributed by atoms with Crippen molar-refractivity contribution < 1.29 is 12.9 Å². The second-order valence-electron chi connectivity index (χ2n) is 0.880. The Morgan fingerprint density at radius 2 is 2.25 bits per heavy atom. The predicted octanol–water partition coefficient (Wildman–Crippen LogP) is 0.601. The maximum absolute atomic E-state index is 9.56. The second-order valence-corrected chi connectivity index (χ2v) is 2.80. The van der Waals surface area contributed by atoms with Gasteiger partial charge in [0.25, 0.3) is 0 Å². The molecular weight excluding hydrogens is 175 g/mol. The third-order valence-electron chi connectivity index (χ3n) is 0.290. The van der Waals surface area contributed by atoms with Gasteiger partial charge in [-0.1, -0.05) is 0 Å². The molecule has 0 aliphatic carbocycles. The maximum atomic E-state index is 9.56. The summed E-state index contributed by atoms with van der Waals surface area (Å²) in [6.07, 6.45) is 0. The summed E-state index contributed by atoms with van der Waals surface area (Å²) < 4.78 is 23.1. The quantitative estimate of drug-likeness (QED) is 0.469. The summed E-state index contributed by atoms with van der Waals surface area (Å²) in [5.41, 5.74) is 0. The summed E-state index contributed by atoms with van der Waals surface area (Å²) >= 11 is 7.67. The minimum absolute atomic E-state index is 0.195. The highest BCUT2D eigenvalue weighted by atomic mass is 35.5. The molecule has 1 unspecified atom stereocenters. The lowest BCUT2D eigenvalue weighted by Crippen LogP contribution is -2.03. The van der Waals surface area contributed by atoms with Crippen molar-refractivity contribution in [3.63, 3.8) is 0 Å². The summed E-state index contributed by atoms with van der Waals surface area (Å²) in [5, 5.41) is 0.